The van der Waals surface area contributed by atoms with Crippen molar-refractivity contribution in [3.8, 4) is 34.4 Å². The Bertz CT molecular complexity index is 1370. The highest BCUT2D eigenvalue weighted by Gasteiger charge is 2.22. The van der Waals surface area contributed by atoms with Crippen molar-refractivity contribution >= 4 is 16.6 Å². The zero-order chi connectivity index (χ0) is 22.1. The average Bonchev–Trinajstić information content (AvgIpc) is 3.30. The van der Waals surface area contributed by atoms with E-state index in [-0.39, 0.29) is 0 Å². The van der Waals surface area contributed by atoms with Crippen LogP contribution in [-0.4, -0.2) is 33.7 Å². The summed E-state index contributed by atoms with van der Waals surface area (Å²) in [4.78, 5) is 13.8. The fourth-order valence-corrected chi connectivity index (χ4v) is 3.98. The third-order valence-electron chi connectivity index (χ3n) is 5.64. The number of nitrogens with two attached hydrogens (primary N) is 1. The van der Waals surface area contributed by atoms with Gasteiger partial charge in [0.2, 0.25) is 0 Å². The summed E-state index contributed by atoms with van der Waals surface area (Å²) in [6.45, 7) is 0.700. The van der Waals surface area contributed by atoms with Crippen molar-refractivity contribution in [2.24, 2.45) is 0 Å². The summed E-state index contributed by atoms with van der Waals surface area (Å²) in [5, 5.41) is 2.49. The highest BCUT2D eigenvalue weighted by molar-refractivity contribution is 5.85. The van der Waals surface area contributed by atoms with Crippen LogP contribution in [0.1, 0.15) is 5.56 Å². The molecule has 0 amide bonds. The van der Waals surface area contributed by atoms with E-state index in [9.17, 15) is 0 Å². The normalized spacial score (nSPS) is 11.2. The first-order valence-corrected chi connectivity index (χ1v) is 10.4. The number of imidazole rings is 1. The summed E-state index contributed by atoms with van der Waals surface area (Å²) < 4.78 is 12.9. The quantitative estimate of drug-likeness (QED) is 0.433. The SMILES string of the molecule is COc1ccc(OC)c(-c2nc3c(N)ncn(CCc4cccc5ccccc45)c-3n2)c1. The van der Waals surface area contributed by atoms with Crippen molar-refractivity contribution in [2.75, 3.05) is 20.0 Å². The van der Waals surface area contributed by atoms with Gasteiger partial charge in [0.15, 0.2) is 23.2 Å². The summed E-state index contributed by atoms with van der Waals surface area (Å²) in [6, 6.07) is 20.3. The molecule has 0 aliphatic carbocycles. The highest BCUT2D eigenvalue weighted by Crippen LogP contribution is 2.35. The van der Waals surface area contributed by atoms with Gasteiger partial charge in [-0.05, 0) is 41.0 Å². The molecule has 160 valence electrons. The number of nitrogen functional groups attached to an aromatic ring is 1. The van der Waals surface area contributed by atoms with E-state index < -0.39 is 0 Å². The molecule has 0 fully saturated rings. The van der Waals surface area contributed by atoms with E-state index in [4.69, 9.17) is 20.2 Å². The lowest BCUT2D eigenvalue weighted by atomic mass is 10.0. The van der Waals surface area contributed by atoms with E-state index in [0.717, 1.165) is 12.0 Å². The van der Waals surface area contributed by atoms with Crippen molar-refractivity contribution in [3.63, 3.8) is 0 Å². The van der Waals surface area contributed by atoms with Gasteiger partial charge in [-0.25, -0.2) is 15.0 Å². The molecule has 7 nitrogen and oxygen atoms in total. The van der Waals surface area contributed by atoms with E-state index in [1.54, 1.807) is 20.5 Å². The molecule has 2 aliphatic heterocycles. The molecule has 2 heterocycles. The van der Waals surface area contributed by atoms with E-state index in [2.05, 4.69) is 52.4 Å². The number of anilines is 1. The molecule has 0 saturated heterocycles. The minimum atomic E-state index is 0.349. The first-order valence-electron chi connectivity index (χ1n) is 10.4. The first-order chi connectivity index (χ1) is 15.7. The van der Waals surface area contributed by atoms with Gasteiger partial charge in [0.05, 0.1) is 26.1 Å². The number of hydrogen-bond donors (Lipinski definition) is 1. The molecule has 0 unspecified atom stereocenters. The Morgan fingerprint density at radius 3 is 2.62 bits per heavy atom. The predicted molar refractivity (Wildman–Crippen MR) is 125 cm³/mol. The lowest BCUT2D eigenvalue weighted by Crippen LogP contribution is -2.10. The van der Waals surface area contributed by atoms with Crippen LogP contribution in [0, 0.1) is 0 Å². The van der Waals surface area contributed by atoms with Crippen LogP contribution < -0.4 is 15.2 Å². The maximum Gasteiger partial charge on any atom is 0.166 e. The number of methoxy groups -OCH3 is 2. The van der Waals surface area contributed by atoms with Crippen LogP contribution in [-0.2, 0) is 13.0 Å². The molecular weight excluding hydrogens is 402 g/mol. The van der Waals surface area contributed by atoms with Crippen LogP contribution in [0.3, 0.4) is 0 Å². The van der Waals surface area contributed by atoms with Crippen LogP contribution in [0.4, 0.5) is 5.82 Å². The number of fused-ring (bicyclic) bond motifs is 2. The van der Waals surface area contributed by atoms with Crippen molar-refractivity contribution in [1.29, 1.82) is 0 Å². The third-order valence-corrected chi connectivity index (χ3v) is 5.64. The van der Waals surface area contributed by atoms with Crippen molar-refractivity contribution < 1.29 is 9.47 Å². The van der Waals surface area contributed by atoms with E-state index in [0.29, 0.717) is 41.2 Å². The van der Waals surface area contributed by atoms with Crippen molar-refractivity contribution in [2.45, 2.75) is 13.0 Å². The summed E-state index contributed by atoms with van der Waals surface area (Å²) in [5.41, 5.74) is 8.73. The largest absolute Gasteiger partial charge is 0.497 e. The predicted octanol–water partition coefficient (Wildman–Crippen LogP) is 4.44. The molecule has 3 aromatic carbocycles. The van der Waals surface area contributed by atoms with E-state index in [1.807, 2.05) is 22.8 Å². The van der Waals surface area contributed by atoms with Crippen LogP contribution in [0.5, 0.6) is 11.5 Å². The number of aromatic nitrogens is 4. The molecule has 0 saturated carbocycles. The molecule has 0 aromatic heterocycles. The van der Waals surface area contributed by atoms with Gasteiger partial charge in [-0.2, -0.15) is 0 Å². The maximum atomic E-state index is 6.14. The molecule has 7 heteroatoms. The number of rotatable bonds is 6. The van der Waals surface area contributed by atoms with Gasteiger partial charge < -0.3 is 19.8 Å². The molecule has 0 radical (unpaired) electrons. The van der Waals surface area contributed by atoms with Gasteiger partial charge in [0, 0.05) is 6.54 Å². The highest BCUT2D eigenvalue weighted by atomic mass is 16.5. The Balaban J connectivity index is 1.53. The second-order valence-electron chi connectivity index (χ2n) is 7.50. The molecule has 0 atom stereocenters. The Morgan fingerprint density at radius 1 is 0.938 bits per heavy atom. The molecular formula is C25H23N5O2. The van der Waals surface area contributed by atoms with Crippen LogP contribution >= 0.6 is 0 Å². The summed E-state index contributed by atoms with van der Waals surface area (Å²) in [6.07, 6.45) is 2.56. The number of nitrogens with zero attached hydrogens (tertiary/aromatic N) is 4. The van der Waals surface area contributed by atoms with Gasteiger partial charge in [-0.1, -0.05) is 42.5 Å². The molecule has 0 spiro atoms. The zero-order valence-electron chi connectivity index (χ0n) is 17.9. The third kappa shape index (κ3) is 3.47. The monoisotopic (exact) mass is 425 g/mol. The topological polar surface area (TPSA) is 88.1 Å². The number of ether oxygens (including phenoxy) is 2. The molecule has 5 rings (SSSR count). The van der Waals surface area contributed by atoms with E-state index in [1.165, 1.54) is 16.3 Å². The van der Waals surface area contributed by atoms with Gasteiger partial charge in [-0.15, -0.1) is 0 Å². The van der Waals surface area contributed by atoms with Gasteiger partial charge in [0.1, 0.15) is 11.5 Å². The average molecular weight is 425 g/mol. The second-order valence-corrected chi connectivity index (χ2v) is 7.50. The fourth-order valence-electron chi connectivity index (χ4n) is 3.98. The molecule has 2 aliphatic rings. The molecule has 3 aromatic rings. The lowest BCUT2D eigenvalue weighted by molar-refractivity contribution is 0.404. The standard InChI is InChI=1S/C25H23N5O2/c1-31-18-10-11-21(32-2)20(14-18)24-28-22-23(26)27-15-30(25(22)29-24)13-12-17-8-5-7-16-6-3-4-9-19(16)17/h3-11,14-15H,12-13,26H2,1-2H3. The smallest absolute Gasteiger partial charge is 0.166 e. The molecule has 32 heavy (non-hydrogen) atoms. The summed E-state index contributed by atoms with van der Waals surface area (Å²) in [5.74, 6) is 2.92. The lowest BCUT2D eigenvalue weighted by Gasteiger charge is -2.12. The zero-order valence-corrected chi connectivity index (χ0v) is 17.9. The van der Waals surface area contributed by atoms with Crippen molar-refractivity contribution in [1.82, 2.24) is 19.5 Å². The minimum Gasteiger partial charge on any atom is -0.497 e. The Labute approximate surface area is 185 Å². The van der Waals surface area contributed by atoms with Gasteiger partial charge in [-0.3, -0.25) is 0 Å². The number of hydrogen-bond acceptors (Lipinski definition) is 6. The second kappa shape index (κ2) is 8.19. The fraction of sp³-hybridized carbons (Fsp3) is 0.160. The van der Waals surface area contributed by atoms with Crippen LogP contribution in [0.15, 0.2) is 67.0 Å². The summed E-state index contributed by atoms with van der Waals surface area (Å²) in [7, 11) is 3.24. The Kier molecular flexibility index (Phi) is 5.07. The van der Waals surface area contributed by atoms with Crippen LogP contribution in [0.25, 0.3) is 33.7 Å². The number of aryl methyl sites for hydroxylation is 2. The maximum absolute atomic E-state index is 6.14. The van der Waals surface area contributed by atoms with Crippen LogP contribution in [0.2, 0.25) is 0 Å². The first kappa shape index (κ1) is 19.8. The van der Waals surface area contributed by atoms with Gasteiger partial charge >= 0.3 is 0 Å². The Morgan fingerprint density at radius 2 is 1.78 bits per heavy atom. The van der Waals surface area contributed by atoms with Gasteiger partial charge in [0.25, 0.3) is 0 Å². The number of benzene rings is 3. The van der Waals surface area contributed by atoms with Crippen molar-refractivity contribution in [3.05, 3.63) is 72.6 Å². The van der Waals surface area contributed by atoms with E-state index >= 15 is 0 Å². The summed E-state index contributed by atoms with van der Waals surface area (Å²) >= 11 is 0. The molecule has 0 bridgehead atoms. The molecule has 2 N–H and O–H groups in total. The minimum absolute atomic E-state index is 0.349. The Hall–Kier alpha value is -4.13.